The Hall–Kier alpha value is -1.51. The number of rotatable bonds is 1. The van der Waals surface area contributed by atoms with Gasteiger partial charge in [0.2, 0.25) is 6.10 Å². The molecule has 0 fully saturated rings. The third kappa shape index (κ3) is 1.16. The van der Waals surface area contributed by atoms with Gasteiger partial charge in [0.25, 0.3) is 0 Å². The summed E-state index contributed by atoms with van der Waals surface area (Å²) in [5, 5.41) is 8.83. The maximum absolute atomic E-state index is 10.8. The van der Waals surface area contributed by atoms with E-state index in [1.165, 1.54) is 0 Å². The van der Waals surface area contributed by atoms with Crippen LogP contribution in [0.4, 0.5) is 0 Å². The summed E-state index contributed by atoms with van der Waals surface area (Å²) in [6.07, 6.45) is -0.725. The molecule has 1 aromatic rings. The van der Waals surface area contributed by atoms with Gasteiger partial charge in [-0.15, -0.1) is 0 Å². The number of carboxylic acid groups (broad SMARTS) is 1. The van der Waals surface area contributed by atoms with Gasteiger partial charge in [-0.05, 0) is 6.07 Å². The fraction of sp³-hybridized carbons (Fsp3) is 0.300. The van der Waals surface area contributed by atoms with E-state index in [4.69, 9.17) is 9.84 Å². The van der Waals surface area contributed by atoms with E-state index in [0.29, 0.717) is 5.75 Å². The molecule has 0 saturated heterocycles. The number of carboxylic acids is 1. The van der Waals surface area contributed by atoms with E-state index in [2.05, 4.69) is 0 Å². The van der Waals surface area contributed by atoms with Crippen molar-refractivity contribution in [1.29, 1.82) is 0 Å². The molecule has 0 aliphatic carbocycles. The molecule has 0 saturated carbocycles. The van der Waals surface area contributed by atoms with E-state index in [1.54, 1.807) is 6.07 Å². The van der Waals surface area contributed by atoms with Crippen molar-refractivity contribution in [3.05, 3.63) is 29.8 Å². The van der Waals surface area contributed by atoms with Crippen molar-refractivity contribution >= 4 is 5.97 Å². The lowest BCUT2D eigenvalue weighted by Crippen LogP contribution is -2.27. The largest absolute Gasteiger partial charge is 0.478 e. The summed E-state index contributed by atoms with van der Waals surface area (Å²) in [4.78, 5) is 10.8. The number of fused-ring (bicyclic) bond motifs is 1. The summed E-state index contributed by atoms with van der Waals surface area (Å²) in [7, 11) is 0. The van der Waals surface area contributed by atoms with Crippen LogP contribution in [0.2, 0.25) is 0 Å². The molecule has 3 heteroatoms. The van der Waals surface area contributed by atoms with Crippen LogP contribution in [0, 0.1) is 0 Å². The molecule has 3 nitrogen and oxygen atoms in total. The maximum atomic E-state index is 10.8. The lowest BCUT2D eigenvalue weighted by atomic mass is 9.98. The van der Waals surface area contributed by atoms with Crippen molar-refractivity contribution < 1.29 is 14.6 Å². The summed E-state index contributed by atoms with van der Waals surface area (Å²) in [5.74, 6) is -0.264. The molecule has 0 radical (unpaired) electrons. The Morgan fingerprint density at radius 1 is 1.46 bits per heavy atom. The molecule has 13 heavy (non-hydrogen) atoms. The molecular weight excluding hydrogens is 168 g/mol. The fourth-order valence-corrected chi connectivity index (χ4v) is 1.63. The monoisotopic (exact) mass is 178 g/mol. The molecule has 2 rings (SSSR count). The lowest BCUT2D eigenvalue weighted by molar-refractivity contribution is -0.144. The topological polar surface area (TPSA) is 46.5 Å². The highest BCUT2D eigenvalue weighted by atomic mass is 16.5. The Bertz CT molecular complexity index is 346. The van der Waals surface area contributed by atoms with Crippen LogP contribution in [0.3, 0.4) is 0 Å². The second-order valence-corrected chi connectivity index (χ2v) is 3.20. The van der Waals surface area contributed by atoms with Crippen molar-refractivity contribution in [2.24, 2.45) is 0 Å². The van der Waals surface area contributed by atoms with E-state index >= 15 is 0 Å². The van der Waals surface area contributed by atoms with Crippen molar-refractivity contribution in [3.63, 3.8) is 0 Å². The molecule has 0 aromatic heterocycles. The van der Waals surface area contributed by atoms with Crippen molar-refractivity contribution in [1.82, 2.24) is 0 Å². The second kappa shape index (κ2) is 2.76. The molecule has 0 amide bonds. The minimum atomic E-state index is -0.899. The summed E-state index contributed by atoms with van der Waals surface area (Å²) in [6, 6.07) is 7.44. The molecule has 0 spiro atoms. The van der Waals surface area contributed by atoms with Crippen LogP contribution in [-0.4, -0.2) is 17.2 Å². The van der Waals surface area contributed by atoms with Crippen molar-refractivity contribution in [2.75, 3.05) is 0 Å². The quantitative estimate of drug-likeness (QED) is 0.711. The Morgan fingerprint density at radius 2 is 2.15 bits per heavy atom. The maximum Gasteiger partial charge on any atom is 0.345 e. The average Bonchev–Trinajstić information content (AvgIpc) is 2.45. The average molecular weight is 178 g/mol. The predicted octanol–water partition coefficient (Wildman–Crippen LogP) is 1.64. The number of benzene rings is 1. The van der Waals surface area contributed by atoms with Gasteiger partial charge >= 0.3 is 5.97 Å². The first-order valence-electron chi connectivity index (χ1n) is 4.18. The smallest absolute Gasteiger partial charge is 0.345 e. The highest BCUT2D eigenvalue weighted by Crippen LogP contribution is 2.37. The van der Waals surface area contributed by atoms with Crippen LogP contribution in [0.15, 0.2) is 24.3 Å². The first-order valence-corrected chi connectivity index (χ1v) is 4.18. The standard InChI is InChI=1S/C10H10O3/c1-6-7-4-2-3-5-8(7)13-9(6)10(11)12/h2-6,9H,1H3,(H,11,12)/t6-,9-/m1/s1. The zero-order chi connectivity index (χ0) is 9.42. The second-order valence-electron chi connectivity index (χ2n) is 3.20. The molecule has 0 unspecified atom stereocenters. The molecule has 1 heterocycles. The summed E-state index contributed by atoms with van der Waals surface area (Å²) < 4.78 is 5.28. The highest BCUT2D eigenvalue weighted by molar-refractivity contribution is 5.76. The third-order valence-electron chi connectivity index (χ3n) is 2.36. The minimum Gasteiger partial charge on any atom is -0.478 e. The zero-order valence-electron chi connectivity index (χ0n) is 7.23. The van der Waals surface area contributed by atoms with E-state index in [1.807, 2.05) is 25.1 Å². The predicted molar refractivity (Wildman–Crippen MR) is 46.9 cm³/mol. The van der Waals surface area contributed by atoms with Crippen LogP contribution in [0.25, 0.3) is 0 Å². The van der Waals surface area contributed by atoms with E-state index in [0.717, 1.165) is 5.56 Å². The number of hydrogen-bond donors (Lipinski definition) is 1. The van der Waals surface area contributed by atoms with Crippen LogP contribution >= 0.6 is 0 Å². The van der Waals surface area contributed by atoms with Gasteiger partial charge in [0.1, 0.15) is 5.75 Å². The molecule has 1 aliphatic heterocycles. The van der Waals surface area contributed by atoms with Gasteiger partial charge in [-0.2, -0.15) is 0 Å². The van der Waals surface area contributed by atoms with Crippen molar-refractivity contribution in [2.45, 2.75) is 18.9 Å². The van der Waals surface area contributed by atoms with Gasteiger partial charge in [-0.1, -0.05) is 25.1 Å². The molecule has 1 N–H and O–H groups in total. The summed E-state index contributed by atoms with van der Waals surface area (Å²) >= 11 is 0. The van der Waals surface area contributed by atoms with E-state index in [-0.39, 0.29) is 5.92 Å². The Morgan fingerprint density at radius 3 is 2.77 bits per heavy atom. The first-order chi connectivity index (χ1) is 6.20. The molecule has 0 bridgehead atoms. The summed E-state index contributed by atoms with van der Waals surface area (Å²) in [5.41, 5.74) is 0.981. The van der Waals surface area contributed by atoms with Gasteiger partial charge in [0.15, 0.2) is 0 Å². The first kappa shape index (κ1) is 8.10. The van der Waals surface area contributed by atoms with Gasteiger partial charge in [-0.25, -0.2) is 4.79 Å². The van der Waals surface area contributed by atoms with Crippen molar-refractivity contribution in [3.8, 4) is 5.75 Å². The SMILES string of the molecule is C[C@@H]1c2ccccc2O[C@H]1C(=O)O. The molecule has 2 atom stereocenters. The molecule has 68 valence electrons. The highest BCUT2D eigenvalue weighted by Gasteiger charge is 2.35. The Labute approximate surface area is 76.0 Å². The van der Waals surface area contributed by atoms with Crippen LogP contribution in [0.1, 0.15) is 18.4 Å². The molecule has 1 aliphatic rings. The lowest BCUT2D eigenvalue weighted by Gasteiger charge is -2.08. The fourth-order valence-electron chi connectivity index (χ4n) is 1.63. The number of carbonyl (C=O) groups is 1. The van der Waals surface area contributed by atoms with Gasteiger partial charge < -0.3 is 9.84 Å². The van der Waals surface area contributed by atoms with Gasteiger partial charge in [-0.3, -0.25) is 0 Å². The number of para-hydroxylation sites is 1. The zero-order valence-corrected chi connectivity index (χ0v) is 7.23. The number of hydrogen-bond acceptors (Lipinski definition) is 2. The normalized spacial score (nSPS) is 25.0. The Kier molecular flexibility index (Phi) is 1.72. The van der Waals surface area contributed by atoms with E-state index in [9.17, 15) is 4.79 Å². The van der Waals surface area contributed by atoms with E-state index < -0.39 is 12.1 Å². The minimum absolute atomic E-state index is 0.0614. The van der Waals surface area contributed by atoms with Crippen LogP contribution in [-0.2, 0) is 4.79 Å². The van der Waals surface area contributed by atoms with Gasteiger partial charge in [0.05, 0.1) is 0 Å². The molecule has 1 aromatic carbocycles. The van der Waals surface area contributed by atoms with Crippen LogP contribution in [0.5, 0.6) is 5.75 Å². The Balaban J connectivity index is 2.38. The number of ether oxygens (including phenoxy) is 1. The van der Waals surface area contributed by atoms with Crippen LogP contribution < -0.4 is 4.74 Å². The third-order valence-corrected chi connectivity index (χ3v) is 2.36. The number of aliphatic carboxylic acids is 1. The molecular formula is C10H10O3. The summed E-state index contributed by atoms with van der Waals surface area (Å²) in [6.45, 7) is 1.87. The van der Waals surface area contributed by atoms with Gasteiger partial charge in [0, 0.05) is 11.5 Å².